The Kier molecular flexibility index (Phi) is 5.40. The molecule has 0 bridgehead atoms. The minimum atomic E-state index is -0.537. The third kappa shape index (κ3) is 3.60. The van der Waals surface area contributed by atoms with Crippen LogP contribution in [0.3, 0.4) is 0 Å². The Labute approximate surface area is 112 Å². The fourth-order valence-corrected chi connectivity index (χ4v) is 1.63. The van der Waals surface area contributed by atoms with Gasteiger partial charge < -0.3 is 20.5 Å². The van der Waals surface area contributed by atoms with E-state index in [9.17, 15) is 4.79 Å². The molecule has 0 saturated carbocycles. The lowest BCUT2D eigenvalue weighted by Crippen LogP contribution is -2.39. The molecule has 3 N–H and O–H groups in total. The van der Waals surface area contributed by atoms with Gasteiger partial charge in [0.1, 0.15) is 0 Å². The molecule has 2 rings (SSSR count). The summed E-state index contributed by atoms with van der Waals surface area (Å²) in [5, 5.41) is 2.80. The summed E-state index contributed by atoms with van der Waals surface area (Å²) >= 11 is 0. The van der Waals surface area contributed by atoms with E-state index >= 15 is 0 Å². The molecule has 0 aliphatic carbocycles. The number of anilines is 2. The summed E-state index contributed by atoms with van der Waals surface area (Å²) in [4.78, 5) is 11.9. The number of carbonyl (C=O) groups is 1. The first-order valence-corrected chi connectivity index (χ1v) is 5.53. The van der Waals surface area contributed by atoms with Gasteiger partial charge in [-0.3, -0.25) is 4.79 Å². The smallest absolute Gasteiger partial charge is 0.255 e. The van der Waals surface area contributed by atoms with Crippen molar-refractivity contribution in [2.45, 2.75) is 13.0 Å². The lowest BCUT2D eigenvalue weighted by molar-refractivity contribution is -0.142. The summed E-state index contributed by atoms with van der Waals surface area (Å²) in [5.74, 6) is -0.196. The summed E-state index contributed by atoms with van der Waals surface area (Å²) < 4.78 is 10.5. The van der Waals surface area contributed by atoms with Crippen molar-refractivity contribution in [3.63, 3.8) is 0 Å². The van der Waals surface area contributed by atoms with E-state index in [4.69, 9.17) is 15.2 Å². The van der Waals surface area contributed by atoms with Gasteiger partial charge >= 0.3 is 0 Å². The van der Waals surface area contributed by atoms with Crippen LogP contribution in [0.5, 0.6) is 0 Å². The van der Waals surface area contributed by atoms with Crippen LogP contribution >= 0.6 is 12.4 Å². The van der Waals surface area contributed by atoms with E-state index in [1.165, 1.54) is 0 Å². The van der Waals surface area contributed by atoms with Crippen LogP contribution in [0.25, 0.3) is 0 Å². The van der Waals surface area contributed by atoms with Crippen molar-refractivity contribution >= 4 is 29.7 Å². The van der Waals surface area contributed by atoms with Crippen molar-refractivity contribution in [1.29, 1.82) is 0 Å². The maximum absolute atomic E-state index is 11.9. The molecule has 1 amide bonds. The van der Waals surface area contributed by atoms with Crippen molar-refractivity contribution < 1.29 is 14.3 Å². The quantitative estimate of drug-likeness (QED) is 0.797. The summed E-state index contributed by atoms with van der Waals surface area (Å²) in [6, 6.07) is 5.39. The number of nitrogen functional groups attached to an aromatic ring is 1. The van der Waals surface area contributed by atoms with Gasteiger partial charge in [-0.15, -0.1) is 12.4 Å². The topological polar surface area (TPSA) is 73.6 Å². The lowest BCUT2D eigenvalue weighted by atomic mass is 10.1. The predicted octanol–water partition coefficient (Wildman–Crippen LogP) is 1.35. The average molecular weight is 273 g/mol. The number of hydrogen-bond acceptors (Lipinski definition) is 4. The van der Waals surface area contributed by atoms with Gasteiger partial charge in [0.2, 0.25) is 0 Å². The molecule has 1 aliphatic heterocycles. The Morgan fingerprint density at radius 1 is 1.44 bits per heavy atom. The highest BCUT2D eigenvalue weighted by molar-refractivity contribution is 5.95. The van der Waals surface area contributed by atoms with Crippen LogP contribution in [0, 0.1) is 6.92 Å². The number of rotatable bonds is 2. The second kappa shape index (κ2) is 6.58. The Bertz CT molecular complexity index is 420. The molecular formula is C12H17ClN2O3. The minimum absolute atomic E-state index is 0. The highest BCUT2D eigenvalue weighted by Gasteiger charge is 2.22. The van der Waals surface area contributed by atoms with E-state index in [2.05, 4.69) is 5.32 Å². The Morgan fingerprint density at radius 2 is 2.22 bits per heavy atom. The molecule has 0 aromatic heterocycles. The highest BCUT2D eigenvalue weighted by Crippen LogP contribution is 2.18. The van der Waals surface area contributed by atoms with E-state index in [0.717, 1.165) is 5.56 Å². The predicted molar refractivity (Wildman–Crippen MR) is 72.0 cm³/mol. The molecule has 1 atom stereocenters. The van der Waals surface area contributed by atoms with Crippen molar-refractivity contribution in [1.82, 2.24) is 0 Å². The van der Waals surface area contributed by atoms with E-state index in [-0.39, 0.29) is 18.3 Å². The number of halogens is 1. The second-order valence-corrected chi connectivity index (χ2v) is 4.00. The first-order chi connectivity index (χ1) is 8.16. The minimum Gasteiger partial charge on any atom is -0.399 e. The number of ether oxygens (including phenoxy) is 2. The molecule has 5 nitrogen and oxygen atoms in total. The maximum atomic E-state index is 11.9. The first-order valence-electron chi connectivity index (χ1n) is 5.53. The molecule has 18 heavy (non-hydrogen) atoms. The van der Waals surface area contributed by atoms with Gasteiger partial charge in [-0.25, -0.2) is 0 Å². The highest BCUT2D eigenvalue weighted by atomic mass is 35.5. The first kappa shape index (κ1) is 14.8. The number of aryl methyl sites for hydroxylation is 1. The SMILES string of the molecule is Cc1ccc(N)cc1NC(=O)C1COCCO1.Cl. The van der Waals surface area contributed by atoms with E-state index in [0.29, 0.717) is 31.2 Å². The van der Waals surface area contributed by atoms with Crippen LogP contribution in [0.2, 0.25) is 0 Å². The summed E-state index contributed by atoms with van der Waals surface area (Å²) in [6.07, 6.45) is -0.537. The van der Waals surface area contributed by atoms with Crippen molar-refractivity contribution in [2.24, 2.45) is 0 Å². The molecule has 1 aromatic carbocycles. The number of carbonyl (C=O) groups excluding carboxylic acids is 1. The normalized spacial score (nSPS) is 18.8. The standard InChI is InChI=1S/C12H16N2O3.ClH/c1-8-2-3-9(13)6-10(8)14-12(15)11-7-16-4-5-17-11;/h2-3,6,11H,4-5,7,13H2,1H3,(H,14,15);1H. The van der Waals surface area contributed by atoms with Crippen molar-refractivity contribution in [2.75, 3.05) is 30.9 Å². The van der Waals surface area contributed by atoms with Crippen LogP contribution in [-0.4, -0.2) is 31.8 Å². The molecule has 1 saturated heterocycles. The fourth-order valence-electron chi connectivity index (χ4n) is 1.63. The van der Waals surface area contributed by atoms with E-state index < -0.39 is 6.10 Å². The van der Waals surface area contributed by atoms with E-state index in [1.807, 2.05) is 13.0 Å². The molecule has 6 heteroatoms. The Balaban J connectivity index is 0.00000162. The molecule has 1 heterocycles. The van der Waals surface area contributed by atoms with Crippen LogP contribution < -0.4 is 11.1 Å². The molecule has 1 fully saturated rings. The lowest BCUT2D eigenvalue weighted by Gasteiger charge is -2.22. The largest absolute Gasteiger partial charge is 0.399 e. The fraction of sp³-hybridized carbons (Fsp3) is 0.417. The molecular weight excluding hydrogens is 256 g/mol. The summed E-state index contributed by atoms with van der Waals surface area (Å²) in [6.45, 7) is 3.20. The van der Waals surface area contributed by atoms with Gasteiger partial charge in [-0.1, -0.05) is 6.07 Å². The van der Waals surface area contributed by atoms with Gasteiger partial charge in [0.25, 0.3) is 5.91 Å². The summed E-state index contributed by atoms with van der Waals surface area (Å²) in [5.41, 5.74) is 7.97. The van der Waals surface area contributed by atoms with Crippen LogP contribution in [-0.2, 0) is 14.3 Å². The average Bonchev–Trinajstić information content (AvgIpc) is 2.35. The van der Waals surface area contributed by atoms with Crippen molar-refractivity contribution in [3.05, 3.63) is 23.8 Å². The number of nitrogens with two attached hydrogens (primary N) is 1. The van der Waals surface area contributed by atoms with Gasteiger partial charge in [-0.05, 0) is 24.6 Å². The number of amides is 1. The molecule has 0 spiro atoms. The monoisotopic (exact) mass is 272 g/mol. The van der Waals surface area contributed by atoms with Crippen molar-refractivity contribution in [3.8, 4) is 0 Å². The number of benzene rings is 1. The zero-order valence-corrected chi connectivity index (χ0v) is 11.0. The molecule has 1 aromatic rings. The maximum Gasteiger partial charge on any atom is 0.255 e. The van der Waals surface area contributed by atoms with Crippen LogP contribution in [0.15, 0.2) is 18.2 Å². The van der Waals surface area contributed by atoms with Crippen LogP contribution in [0.4, 0.5) is 11.4 Å². The Hall–Kier alpha value is -1.30. The zero-order chi connectivity index (χ0) is 12.3. The number of hydrogen-bond donors (Lipinski definition) is 2. The third-order valence-corrected chi connectivity index (χ3v) is 2.63. The van der Waals surface area contributed by atoms with Gasteiger partial charge in [0.05, 0.1) is 19.8 Å². The van der Waals surface area contributed by atoms with Gasteiger partial charge in [0.15, 0.2) is 6.10 Å². The molecule has 0 radical (unpaired) electrons. The molecule has 1 unspecified atom stereocenters. The van der Waals surface area contributed by atoms with E-state index in [1.54, 1.807) is 12.1 Å². The molecule has 100 valence electrons. The number of nitrogens with one attached hydrogen (secondary N) is 1. The molecule has 1 aliphatic rings. The van der Waals surface area contributed by atoms with Gasteiger partial charge in [0, 0.05) is 11.4 Å². The second-order valence-electron chi connectivity index (χ2n) is 4.00. The zero-order valence-electron chi connectivity index (χ0n) is 10.1. The van der Waals surface area contributed by atoms with Crippen LogP contribution in [0.1, 0.15) is 5.56 Å². The summed E-state index contributed by atoms with van der Waals surface area (Å²) in [7, 11) is 0. The third-order valence-electron chi connectivity index (χ3n) is 2.63. The van der Waals surface area contributed by atoms with Gasteiger partial charge in [-0.2, -0.15) is 0 Å². The Morgan fingerprint density at radius 3 is 2.89 bits per heavy atom.